The van der Waals surface area contributed by atoms with E-state index in [1.165, 1.54) is 5.56 Å². The molecule has 1 unspecified atom stereocenters. The summed E-state index contributed by atoms with van der Waals surface area (Å²) in [4.78, 5) is 12.2. The highest BCUT2D eigenvalue weighted by atomic mass is 16.5. The largest absolute Gasteiger partial charge is 0.481 e. The number of amides is 1. The van der Waals surface area contributed by atoms with Crippen LogP contribution in [0.25, 0.3) is 0 Å². The number of carbonyl (C=O) groups is 1. The maximum atomic E-state index is 12.2. The first-order valence-corrected chi connectivity index (χ1v) is 7.24. The lowest BCUT2D eigenvalue weighted by molar-refractivity contribution is -0.128. The highest BCUT2D eigenvalue weighted by molar-refractivity contribution is 5.81. The Bertz CT molecular complexity index is 564. The normalized spacial score (nSPS) is 11.7. The molecule has 1 N–H and O–H groups in total. The number of carbonyl (C=O) groups excluding carboxylic acids is 1. The average molecular weight is 283 g/mol. The molecule has 110 valence electrons. The summed E-state index contributed by atoms with van der Waals surface area (Å²) in [5, 5.41) is 2.92. The third-order valence-corrected chi connectivity index (χ3v) is 3.27. The maximum Gasteiger partial charge on any atom is 0.261 e. The van der Waals surface area contributed by atoms with Gasteiger partial charge < -0.3 is 10.1 Å². The highest BCUT2D eigenvalue weighted by Crippen LogP contribution is 2.14. The van der Waals surface area contributed by atoms with Crippen molar-refractivity contribution < 1.29 is 9.53 Å². The summed E-state index contributed by atoms with van der Waals surface area (Å²) in [6, 6.07) is 17.6. The molecule has 0 aliphatic rings. The monoisotopic (exact) mass is 283 g/mol. The van der Waals surface area contributed by atoms with Gasteiger partial charge >= 0.3 is 0 Å². The van der Waals surface area contributed by atoms with Crippen LogP contribution in [-0.4, -0.2) is 12.0 Å². The van der Waals surface area contributed by atoms with Crippen molar-refractivity contribution in [2.24, 2.45) is 0 Å². The predicted octanol–water partition coefficient (Wildman–Crippen LogP) is 3.47. The van der Waals surface area contributed by atoms with Crippen LogP contribution in [-0.2, 0) is 11.3 Å². The second-order valence-corrected chi connectivity index (χ2v) is 5.03. The fourth-order valence-corrected chi connectivity index (χ4v) is 2.00. The number of aryl methyl sites for hydroxylation is 1. The summed E-state index contributed by atoms with van der Waals surface area (Å²) in [5.41, 5.74) is 2.25. The molecule has 3 heteroatoms. The van der Waals surface area contributed by atoms with Gasteiger partial charge in [-0.05, 0) is 31.0 Å². The van der Waals surface area contributed by atoms with Gasteiger partial charge in [0.2, 0.25) is 0 Å². The molecule has 0 radical (unpaired) electrons. The Hall–Kier alpha value is -2.29. The lowest BCUT2D eigenvalue weighted by atomic mass is 10.2. The molecule has 2 aromatic rings. The van der Waals surface area contributed by atoms with Gasteiger partial charge in [-0.25, -0.2) is 0 Å². The number of ether oxygens (including phenoxy) is 1. The van der Waals surface area contributed by atoms with E-state index < -0.39 is 6.10 Å². The molecule has 0 fully saturated rings. The third-order valence-electron chi connectivity index (χ3n) is 3.27. The summed E-state index contributed by atoms with van der Waals surface area (Å²) in [6.45, 7) is 4.49. The molecule has 0 saturated carbocycles. The standard InChI is InChI=1S/C18H21NO2/c1-3-17(21-16-11-9-14(2)10-12-16)18(20)19-13-15-7-5-4-6-8-15/h4-12,17H,3,13H2,1-2H3,(H,19,20). The van der Waals surface area contributed by atoms with Gasteiger partial charge in [0.25, 0.3) is 5.91 Å². The fourth-order valence-electron chi connectivity index (χ4n) is 2.00. The number of hydrogen-bond donors (Lipinski definition) is 1. The maximum absolute atomic E-state index is 12.2. The Morgan fingerprint density at radius 1 is 1.10 bits per heavy atom. The van der Waals surface area contributed by atoms with Gasteiger partial charge in [0.15, 0.2) is 6.10 Å². The number of rotatable bonds is 6. The minimum absolute atomic E-state index is 0.0815. The van der Waals surface area contributed by atoms with Crippen LogP contribution in [0, 0.1) is 6.92 Å². The topological polar surface area (TPSA) is 38.3 Å². The zero-order chi connectivity index (χ0) is 15.1. The molecule has 1 atom stereocenters. The molecule has 0 bridgehead atoms. The minimum Gasteiger partial charge on any atom is -0.481 e. The van der Waals surface area contributed by atoms with Gasteiger partial charge in [0.1, 0.15) is 5.75 Å². The molecule has 1 amide bonds. The zero-order valence-corrected chi connectivity index (χ0v) is 12.5. The zero-order valence-electron chi connectivity index (χ0n) is 12.5. The van der Waals surface area contributed by atoms with Gasteiger partial charge in [0, 0.05) is 6.54 Å². The summed E-state index contributed by atoms with van der Waals surface area (Å²) < 4.78 is 5.76. The average Bonchev–Trinajstić information content (AvgIpc) is 2.53. The van der Waals surface area contributed by atoms with Crippen molar-refractivity contribution in [3.05, 3.63) is 65.7 Å². The molecule has 0 heterocycles. The molecule has 0 spiro atoms. The van der Waals surface area contributed by atoms with Crippen LogP contribution in [0.15, 0.2) is 54.6 Å². The van der Waals surface area contributed by atoms with E-state index in [4.69, 9.17) is 4.74 Å². The Kier molecular flexibility index (Phi) is 5.38. The third kappa shape index (κ3) is 4.63. The van der Waals surface area contributed by atoms with E-state index in [1.807, 2.05) is 68.4 Å². The number of hydrogen-bond acceptors (Lipinski definition) is 2. The summed E-state index contributed by atoms with van der Waals surface area (Å²) in [6.07, 6.45) is 0.172. The van der Waals surface area contributed by atoms with E-state index in [0.29, 0.717) is 13.0 Å². The van der Waals surface area contributed by atoms with Gasteiger partial charge in [-0.1, -0.05) is 55.0 Å². The van der Waals surface area contributed by atoms with Gasteiger partial charge in [0.05, 0.1) is 0 Å². The van der Waals surface area contributed by atoms with E-state index in [0.717, 1.165) is 11.3 Å². The smallest absolute Gasteiger partial charge is 0.261 e. The summed E-state index contributed by atoms with van der Waals surface area (Å²) in [7, 11) is 0. The summed E-state index contributed by atoms with van der Waals surface area (Å²) in [5.74, 6) is 0.643. The van der Waals surface area contributed by atoms with Gasteiger partial charge in [-0.2, -0.15) is 0 Å². The Labute approximate surface area is 126 Å². The van der Waals surface area contributed by atoms with Gasteiger partial charge in [-0.15, -0.1) is 0 Å². The van der Waals surface area contributed by atoms with Crippen molar-refractivity contribution >= 4 is 5.91 Å². The fraction of sp³-hybridized carbons (Fsp3) is 0.278. The lowest BCUT2D eigenvalue weighted by Gasteiger charge is -2.17. The van der Waals surface area contributed by atoms with Crippen LogP contribution in [0.3, 0.4) is 0 Å². The second-order valence-electron chi connectivity index (χ2n) is 5.03. The molecule has 2 rings (SSSR count). The van der Waals surface area contributed by atoms with Crippen LogP contribution in [0.1, 0.15) is 24.5 Å². The molecule has 3 nitrogen and oxygen atoms in total. The van der Waals surface area contributed by atoms with E-state index in [1.54, 1.807) is 0 Å². The molecule has 2 aromatic carbocycles. The Morgan fingerprint density at radius 3 is 2.38 bits per heavy atom. The Balaban J connectivity index is 1.90. The van der Waals surface area contributed by atoms with Crippen molar-refractivity contribution in [2.75, 3.05) is 0 Å². The first kappa shape index (κ1) is 15.1. The molecule has 0 aromatic heterocycles. The molecule has 21 heavy (non-hydrogen) atoms. The first-order chi connectivity index (χ1) is 10.2. The van der Waals surface area contributed by atoms with E-state index in [9.17, 15) is 4.79 Å². The van der Waals surface area contributed by atoms with Crippen LogP contribution in [0.2, 0.25) is 0 Å². The van der Waals surface area contributed by atoms with Crippen LogP contribution in [0.5, 0.6) is 5.75 Å². The van der Waals surface area contributed by atoms with Crippen LogP contribution in [0.4, 0.5) is 0 Å². The molecular weight excluding hydrogens is 262 g/mol. The van der Waals surface area contributed by atoms with Gasteiger partial charge in [-0.3, -0.25) is 4.79 Å². The lowest BCUT2D eigenvalue weighted by Crippen LogP contribution is -2.37. The SMILES string of the molecule is CCC(Oc1ccc(C)cc1)C(=O)NCc1ccccc1. The van der Waals surface area contributed by atoms with Crippen LogP contribution >= 0.6 is 0 Å². The van der Waals surface area contributed by atoms with E-state index in [2.05, 4.69) is 5.32 Å². The number of benzene rings is 2. The highest BCUT2D eigenvalue weighted by Gasteiger charge is 2.17. The number of nitrogens with one attached hydrogen (secondary N) is 1. The first-order valence-electron chi connectivity index (χ1n) is 7.24. The molecule has 0 aliphatic heterocycles. The second kappa shape index (κ2) is 7.48. The Morgan fingerprint density at radius 2 is 1.76 bits per heavy atom. The van der Waals surface area contributed by atoms with Crippen molar-refractivity contribution in [3.63, 3.8) is 0 Å². The quantitative estimate of drug-likeness (QED) is 0.881. The minimum atomic E-state index is -0.462. The van der Waals surface area contributed by atoms with Crippen LogP contribution < -0.4 is 10.1 Å². The molecule has 0 aliphatic carbocycles. The molecular formula is C18H21NO2. The van der Waals surface area contributed by atoms with Crippen molar-refractivity contribution in [1.29, 1.82) is 0 Å². The van der Waals surface area contributed by atoms with Crippen molar-refractivity contribution in [2.45, 2.75) is 32.9 Å². The van der Waals surface area contributed by atoms with Crippen molar-refractivity contribution in [1.82, 2.24) is 5.32 Å². The summed E-state index contributed by atoms with van der Waals surface area (Å²) >= 11 is 0. The van der Waals surface area contributed by atoms with E-state index in [-0.39, 0.29) is 5.91 Å². The molecule has 0 saturated heterocycles. The van der Waals surface area contributed by atoms with Crippen molar-refractivity contribution in [3.8, 4) is 5.75 Å². The predicted molar refractivity (Wildman–Crippen MR) is 84.2 cm³/mol. The van der Waals surface area contributed by atoms with E-state index >= 15 is 0 Å².